The van der Waals surface area contributed by atoms with E-state index in [9.17, 15) is 0 Å². The van der Waals surface area contributed by atoms with Crippen molar-refractivity contribution in [3.05, 3.63) is 23.3 Å². The number of aryl methyl sites for hydroxylation is 1. The Kier molecular flexibility index (Phi) is 5.77. The molecule has 2 rings (SSSR count). The molecule has 0 N–H and O–H groups in total. The molecular weight excluding hydrogens is 288 g/mol. The first-order valence-corrected chi connectivity index (χ1v) is 8.00. The molecule has 0 bridgehead atoms. The number of hydrogen-bond acceptors (Lipinski definition) is 3. The molecule has 0 heterocycles. The van der Waals surface area contributed by atoms with Crippen LogP contribution in [0.3, 0.4) is 0 Å². The Morgan fingerprint density at radius 2 is 1.81 bits per heavy atom. The predicted molar refractivity (Wildman–Crippen MR) is 85.6 cm³/mol. The van der Waals surface area contributed by atoms with E-state index in [0.29, 0.717) is 12.0 Å². The van der Waals surface area contributed by atoms with Crippen LogP contribution in [-0.4, -0.2) is 26.9 Å². The van der Waals surface area contributed by atoms with Crippen molar-refractivity contribution in [2.24, 2.45) is 5.92 Å². The summed E-state index contributed by atoms with van der Waals surface area (Å²) in [5.74, 6) is 2.16. The van der Waals surface area contributed by atoms with Crippen LogP contribution >= 0.6 is 11.6 Å². The summed E-state index contributed by atoms with van der Waals surface area (Å²) in [7, 11) is 3.30. The molecule has 21 heavy (non-hydrogen) atoms. The van der Waals surface area contributed by atoms with Crippen LogP contribution in [0.4, 0.5) is 0 Å². The molecule has 4 heteroatoms. The highest BCUT2D eigenvalue weighted by atomic mass is 35.5. The van der Waals surface area contributed by atoms with Crippen molar-refractivity contribution < 1.29 is 14.2 Å². The highest BCUT2D eigenvalue weighted by Gasteiger charge is 2.31. The standard InChI is InChI=1S/C17H25ClO3/c1-5-21-13-7-12(8-13)9-15(18)14-10-17(20-4)16(19-3)6-11(14)2/h6,10,12-13,15H,5,7-9H2,1-4H3. The van der Waals surface area contributed by atoms with Gasteiger partial charge in [0, 0.05) is 6.61 Å². The van der Waals surface area contributed by atoms with Crippen molar-refractivity contribution >= 4 is 11.6 Å². The van der Waals surface area contributed by atoms with E-state index in [-0.39, 0.29) is 5.38 Å². The number of methoxy groups -OCH3 is 2. The Bertz CT molecular complexity index is 469. The van der Waals surface area contributed by atoms with E-state index < -0.39 is 0 Å². The van der Waals surface area contributed by atoms with Crippen LogP contribution < -0.4 is 9.47 Å². The number of alkyl halides is 1. The number of rotatable bonds is 7. The monoisotopic (exact) mass is 312 g/mol. The molecule has 3 nitrogen and oxygen atoms in total. The predicted octanol–water partition coefficient (Wildman–Crippen LogP) is 4.50. The van der Waals surface area contributed by atoms with Gasteiger partial charge in [0.1, 0.15) is 0 Å². The minimum Gasteiger partial charge on any atom is -0.493 e. The van der Waals surface area contributed by atoms with Gasteiger partial charge in [-0.1, -0.05) is 0 Å². The summed E-state index contributed by atoms with van der Waals surface area (Å²) in [6.45, 7) is 4.91. The Hall–Kier alpha value is -0.930. The Morgan fingerprint density at radius 1 is 1.19 bits per heavy atom. The summed E-state index contributed by atoms with van der Waals surface area (Å²) in [5, 5.41) is 0.0115. The van der Waals surface area contributed by atoms with Gasteiger partial charge in [-0.25, -0.2) is 0 Å². The van der Waals surface area contributed by atoms with E-state index in [1.807, 2.05) is 19.1 Å². The molecule has 0 radical (unpaired) electrons. The zero-order chi connectivity index (χ0) is 15.4. The number of ether oxygens (including phenoxy) is 3. The minimum atomic E-state index is 0.0115. The number of benzene rings is 1. The smallest absolute Gasteiger partial charge is 0.161 e. The van der Waals surface area contributed by atoms with E-state index in [0.717, 1.165) is 48.5 Å². The van der Waals surface area contributed by atoms with Crippen molar-refractivity contribution in [1.29, 1.82) is 0 Å². The maximum Gasteiger partial charge on any atom is 0.161 e. The topological polar surface area (TPSA) is 27.7 Å². The molecule has 1 atom stereocenters. The SMILES string of the molecule is CCOC1CC(CC(Cl)c2cc(OC)c(OC)cc2C)C1. The fourth-order valence-electron chi connectivity index (χ4n) is 2.99. The van der Waals surface area contributed by atoms with Gasteiger partial charge in [0.05, 0.1) is 25.7 Å². The summed E-state index contributed by atoms with van der Waals surface area (Å²) in [6.07, 6.45) is 3.68. The van der Waals surface area contributed by atoms with E-state index in [4.69, 9.17) is 25.8 Å². The molecule has 0 aliphatic heterocycles. The van der Waals surface area contributed by atoms with Crippen molar-refractivity contribution in [1.82, 2.24) is 0 Å². The van der Waals surface area contributed by atoms with Crippen LogP contribution in [0.5, 0.6) is 11.5 Å². The summed E-state index contributed by atoms with van der Waals surface area (Å²) in [5.41, 5.74) is 2.28. The normalized spacial score (nSPS) is 22.5. The highest BCUT2D eigenvalue weighted by Crippen LogP contribution is 2.42. The second-order valence-electron chi connectivity index (χ2n) is 5.68. The molecular formula is C17H25ClO3. The molecule has 1 fully saturated rings. The van der Waals surface area contributed by atoms with Crippen LogP contribution in [0.15, 0.2) is 12.1 Å². The first-order valence-electron chi connectivity index (χ1n) is 7.57. The average molecular weight is 313 g/mol. The zero-order valence-corrected chi connectivity index (χ0v) is 14.1. The van der Waals surface area contributed by atoms with Crippen molar-refractivity contribution in [2.45, 2.75) is 44.6 Å². The summed E-state index contributed by atoms with van der Waals surface area (Å²) >= 11 is 6.63. The van der Waals surface area contributed by atoms with Crippen LogP contribution in [0.25, 0.3) is 0 Å². The van der Waals surface area contributed by atoms with Gasteiger partial charge in [-0.15, -0.1) is 11.6 Å². The van der Waals surface area contributed by atoms with Crippen LogP contribution in [-0.2, 0) is 4.74 Å². The Balaban J connectivity index is 2.01. The van der Waals surface area contributed by atoms with Crippen LogP contribution in [0, 0.1) is 12.8 Å². The zero-order valence-electron chi connectivity index (χ0n) is 13.3. The summed E-state index contributed by atoms with van der Waals surface area (Å²) < 4.78 is 16.3. The second kappa shape index (κ2) is 7.37. The van der Waals surface area contributed by atoms with E-state index in [1.165, 1.54) is 0 Å². The first kappa shape index (κ1) is 16.4. The van der Waals surface area contributed by atoms with E-state index in [2.05, 4.69) is 6.92 Å². The summed E-state index contributed by atoms with van der Waals surface area (Å²) in [4.78, 5) is 0. The molecule has 118 valence electrons. The third-order valence-corrected chi connectivity index (χ3v) is 4.66. The lowest BCUT2D eigenvalue weighted by Gasteiger charge is -2.36. The third kappa shape index (κ3) is 3.83. The molecule has 1 aliphatic carbocycles. The van der Waals surface area contributed by atoms with Gasteiger partial charge in [-0.3, -0.25) is 0 Å². The molecule has 0 saturated heterocycles. The van der Waals surface area contributed by atoms with Gasteiger partial charge in [0.2, 0.25) is 0 Å². The molecule has 0 amide bonds. The Labute approximate surface area is 132 Å². The van der Waals surface area contributed by atoms with E-state index in [1.54, 1.807) is 14.2 Å². The number of halogens is 1. The maximum atomic E-state index is 6.63. The van der Waals surface area contributed by atoms with Gasteiger partial charge in [0.15, 0.2) is 11.5 Å². The van der Waals surface area contributed by atoms with E-state index >= 15 is 0 Å². The molecule has 1 saturated carbocycles. The average Bonchev–Trinajstić information content (AvgIpc) is 2.44. The lowest BCUT2D eigenvalue weighted by atomic mass is 9.78. The fourth-order valence-corrected chi connectivity index (χ4v) is 3.48. The quantitative estimate of drug-likeness (QED) is 0.694. The molecule has 1 aromatic carbocycles. The Morgan fingerprint density at radius 3 is 2.38 bits per heavy atom. The first-order chi connectivity index (χ1) is 10.1. The molecule has 1 aromatic rings. The molecule has 1 aliphatic rings. The van der Waals surface area contributed by atoms with Crippen molar-refractivity contribution in [2.75, 3.05) is 20.8 Å². The lowest BCUT2D eigenvalue weighted by molar-refractivity contribution is -0.0267. The van der Waals surface area contributed by atoms with Crippen LogP contribution in [0.1, 0.15) is 42.7 Å². The van der Waals surface area contributed by atoms with Crippen LogP contribution in [0.2, 0.25) is 0 Å². The second-order valence-corrected chi connectivity index (χ2v) is 6.21. The van der Waals surface area contributed by atoms with Gasteiger partial charge >= 0.3 is 0 Å². The number of hydrogen-bond donors (Lipinski definition) is 0. The highest BCUT2D eigenvalue weighted by molar-refractivity contribution is 6.21. The molecule has 0 spiro atoms. The lowest BCUT2D eigenvalue weighted by Crippen LogP contribution is -2.31. The third-order valence-electron chi connectivity index (χ3n) is 4.24. The van der Waals surface area contributed by atoms with Gasteiger partial charge in [-0.05, 0) is 62.3 Å². The van der Waals surface area contributed by atoms with Gasteiger partial charge in [0.25, 0.3) is 0 Å². The largest absolute Gasteiger partial charge is 0.493 e. The maximum absolute atomic E-state index is 6.63. The van der Waals surface area contributed by atoms with Gasteiger partial charge < -0.3 is 14.2 Å². The minimum absolute atomic E-state index is 0.0115. The van der Waals surface area contributed by atoms with Crippen molar-refractivity contribution in [3.8, 4) is 11.5 Å². The van der Waals surface area contributed by atoms with Gasteiger partial charge in [-0.2, -0.15) is 0 Å². The molecule has 1 unspecified atom stereocenters. The fraction of sp³-hybridized carbons (Fsp3) is 0.647. The summed E-state index contributed by atoms with van der Waals surface area (Å²) in [6, 6.07) is 4.00. The van der Waals surface area contributed by atoms with Crippen molar-refractivity contribution in [3.63, 3.8) is 0 Å². The molecule has 0 aromatic heterocycles.